The van der Waals surface area contributed by atoms with E-state index in [9.17, 15) is 9.59 Å². The third kappa shape index (κ3) is 7.16. The van der Waals surface area contributed by atoms with Crippen LogP contribution in [-0.4, -0.2) is 53.3 Å². The lowest BCUT2D eigenvalue weighted by Gasteiger charge is -2.32. The fourth-order valence-corrected chi connectivity index (χ4v) is 3.11. The maximum absolute atomic E-state index is 12.5. The number of carbonyl (C=O) groups excluding carboxylic acids is 2. The molecule has 0 unspecified atom stereocenters. The molecule has 10 heteroatoms. The highest BCUT2D eigenvalue weighted by molar-refractivity contribution is 5.91. The first-order valence-electron chi connectivity index (χ1n) is 9.62. The van der Waals surface area contributed by atoms with Crippen LogP contribution in [0.25, 0.3) is 6.08 Å². The van der Waals surface area contributed by atoms with Crippen molar-refractivity contribution in [1.82, 2.24) is 15.4 Å². The molecule has 2 heterocycles. The molecule has 1 aromatic heterocycles. The van der Waals surface area contributed by atoms with Crippen molar-refractivity contribution in [2.75, 3.05) is 30.8 Å². The standard InChI is InChI=1S/C21H25N5O4.ClH/c1-30-18-6-4-16(5-7-18)24-21(28)26-12-10-17(11-13-26)23-19-8-2-15(14-22-19)3-9-20(27)25-29;/h2-9,14,17,29H,10-13H2,1H3,(H,22,23)(H,24,28)(H,25,27);1H. The van der Waals surface area contributed by atoms with E-state index in [4.69, 9.17) is 9.94 Å². The molecule has 2 aromatic rings. The van der Waals surface area contributed by atoms with Crippen molar-refractivity contribution in [2.45, 2.75) is 18.9 Å². The summed E-state index contributed by atoms with van der Waals surface area (Å²) in [7, 11) is 1.60. The summed E-state index contributed by atoms with van der Waals surface area (Å²) < 4.78 is 5.12. The number of piperidine rings is 1. The quantitative estimate of drug-likeness (QED) is 0.307. The van der Waals surface area contributed by atoms with E-state index >= 15 is 0 Å². The lowest BCUT2D eigenvalue weighted by Crippen LogP contribution is -2.44. The summed E-state index contributed by atoms with van der Waals surface area (Å²) in [6.45, 7) is 1.30. The molecule has 1 aliphatic rings. The molecule has 166 valence electrons. The second-order valence-corrected chi connectivity index (χ2v) is 6.85. The molecule has 0 saturated carbocycles. The highest BCUT2D eigenvalue weighted by Crippen LogP contribution is 2.19. The largest absolute Gasteiger partial charge is 0.497 e. The summed E-state index contributed by atoms with van der Waals surface area (Å²) >= 11 is 0. The zero-order chi connectivity index (χ0) is 21.3. The number of aromatic nitrogens is 1. The molecule has 9 nitrogen and oxygen atoms in total. The number of hydroxylamine groups is 1. The Balaban J connectivity index is 0.00000341. The second-order valence-electron chi connectivity index (χ2n) is 6.85. The van der Waals surface area contributed by atoms with Gasteiger partial charge in [0.05, 0.1) is 7.11 Å². The van der Waals surface area contributed by atoms with E-state index in [-0.39, 0.29) is 24.5 Å². The van der Waals surface area contributed by atoms with Gasteiger partial charge >= 0.3 is 6.03 Å². The zero-order valence-electron chi connectivity index (χ0n) is 17.1. The van der Waals surface area contributed by atoms with E-state index in [1.807, 2.05) is 24.3 Å². The minimum absolute atomic E-state index is 0. The van der Waals surface area contributed by atoms with Crippen molar-refractivity contribution in [1.29, 1.82) is 0 Å². The number of ether oxygens (including phenoxy) is 1. The molecule has 0 bridgehead atoms. The van der Waals surface area contributed by atoms with Gasteiger partial charge in [-0.25, -0.2) is 15.3 Å². The van der Waals surface area contributed by atoms with E-state index < -0.39 is 5.91 Å². The number of carbonyl (C=O) groups is 2. The highest BCUT2D eigenvalue weighted by atomic mass is 35.5. The number of likely N-dealkylation sites (tertiary alicyclic amines) is 1. The molecule has 0 spiro atoms. The maximum Gasteiger partial charge on any atom is 0.321 e. The number of anilines is 2. The Hall–Kier alpha value is -3.30. The van der Waals surface area contributed by atoms with Gasteiger partial charge < -0.3 is 20.3 Å². The van der Waals surface area contributed by atoms with Gasteiger partial charge in [-0.2, -0.15) is 0 Å². The molecule has 0 aliphatic carbocycles. The van der Waals surface area contributed by atoms with Crippen LogP contribution < -0.4 is 20.9 Å². The van der Waals surface area contributed by atoms with Crippen LogP contribution in [0.3, 0.4) is 0 Å². The average molecular weight is 448 g/mol. The zero-order valence-corrected chi connectivity index (χ0v) is 17.9. The lowest BCUT2D eigenvalue weighted by atomic mass is 10.1. The monoisotopic (exact) mass is 447 g/mol. The van der Waals surface area contributed by atoms with Gasteiger partial charge in [0.1, 0.15) is 11.6 Å². The SMILES string of the molecule is COc1ccc(NC(=O)N2CCC(Nc3ccc(C=CC(=O)NO)cn3)CC2)cc1.Cl. The summed E-state index contributed by atoms with van der Waals surface area (Å²) in [5.74, 6) is 0.882. The molecule has 1 aliphatic heterocycles. The van der Waals surface area contributed by atoms with Gasteiger partial charge in [-0.3, -0.25) is 10.0 Å². The van der Waals surface area contributed by atoms with Crippen molar-refractivity contribution in [2.24, 2.45) is 0 Å². The van der Waals surface area contributed by atoms with Crippen molar-refractivity contribution in [3.05, 3.63) is 54.2 Å². The number of benzene rings is 1. The summed E-state index contributed by atoms with van der Waals surface area (Å²) in [6, 6.07) is 11.0. The van der Waals surface area contributed by atoms with Crippen LogP contribution in [0.5, 0.6) is 5.75 Å². The Morgan fingerprint density at radius 1 is 1.16 bits per heavy atom. The minimum Gasteiger partial charge on any atom is -0.497 e. The fourth-order valence-electron chi connectivity index (χ4n) is 3.11. The highest BCUT2D eigenvalue weighted by Gasteiger charge is 2.23. The molecule has 0 radical (unpaired) electrons. The Morgan fingerprint density at radius 2 is 1.87 bits per heavy atom. The number of rotatable bonds is 6. The average Bonchev–Trinajstić information content (AvgIpc) is 2.79. The van der Waals surface area contributed by atoms with Gasteiger partial charge in [-0.1, -0.05) is 0 Å². The van der Waals surface area contributed by atoms with E-state index in [0.717, 1.165) is 35.7 Å². The predicted molar refractivity (Wildman–Crippen MR) is 121 cm³/mol. The van der Waals surface area contributed by atoms with E-state index in [1.165, 1.54) is 11.6 Å². The molecule has 1 saturated heterocycles. The number of pyridine rings is 1. The number of hydrogen-bond donors (Lipinski definition) is 4. The van der Waals surface area contributed by atoms with Gasteiger partial charge in [-0.15, -0.1) is 12.4 Å². The van der Waals surface area contributed by atoms with Gasteiger partial charge in [0.15, 0.2) is 0 Å². The summed E-state index contributed by atoms with van der Waals surface area (Å²) in [5, 5.41) is 14.8. The molecule has 3 rings (SSSR count). The molecule has 1 aromatic carbocycles. The van der Waals surface area contributed by atoms with Crippen molar-refractivity contribution < 1.29 is 19.5 Å². The number of urea groups is 1. The van der Waals surface area contributed by atoms with E-state index in [2.05, 4.69) is 15.6 Å². The summed E-state index contributed by atoms with van der Waals surface area (Å²) in [5.41, 5.74) is 3.01. The Morgan fingerprint density at radius 3 is 2.45 bits per heavy atom. The lowest BCUT2D eigenvalue weighted by molar-refractivity contribution is -0.124. The fraction of sp³-hybridized carbons (Fsp3) is 0.286. The van der Waals surface area contributed by atoms with Crippen molar-refractivity contribution in [3.8, 4) is 5.75 Å². The van der Waals surface area contributed by atoms with Crippen molar-refractivity contribution >= 4 is 41.9 Å². The maximum atomic E-state index is 12.5. The first-order valence-corrected chi connectivity index (χ1v) is 9.62. The second kappa shape index (κ2) is 11.8. The number of methoxy groups -OCH3 is 1. The Kier molecular flexibility index (Phi) is 9.11. The molecule has 0 atom stereocenters. The molecular weight excluding hydrogens is 422 g/mol. The molecule has 4 N–H and O–H groups in total. The van der Waals surface area contributed by atoms with E-state index in [0.29, 0.717) is 13.1 Å². The van der Waals surface area contributed by atoms with Crippen LogP contribution in [0.1, 0.15) is 18.4 Å². The van der Waals surface area contributed by atoms with Crippen LogP contribution in [0.4, 0.5) is 16.3 Å². The predicted octanol–water partition coefficient (Wildman–Crippen LogP) is 3.14. The smallest absolute Gasteiger partial charge is 0.321 e. The number of amides is 3. The third-order valence-electron chi connectivity index (χ3n) is 4.80. The van der Waals surface area contributed by atoms with Crippen LogP contribution in [0, 0.1) is 0 Å². The van der Waals surface area contributed by atoms with E-state index in [1.54, 1.807) is 36.4 Å². The number of hydrogen-bond acceptors (Lipinski definition) is 6. The Bertz CT molecular complexity index is 882. The van der Waals surface area contributed by atoms with Crippen LogP contribution in [-0.2, 0) is 4.79 Å². The van der Waals surface area contributed by atoms with Gasteiger partial charge in [0.2, 0.25) is 0 Å². The van der Waals surface area contributed by atoms with Crippen LogP contribution in [0.2, 0.25) is 0 Å². The topological polar surface area (TPSA) is 116 Å². The number of halogens is 1. The third-order valence-corrected chi connectivity index (χ3v) is 4.80. The van der Waals surface area contributed by atoms with Crippen LogP contribution in [0.15, 0.2) is 48.7 Å². The van der Waals surface area contributed by atoms with Gasteiger partial charge in [0, 0.05) is 37.1 Å². The van der Waals surface area contributed by atoms with Gasteiger partial charge in [-0.05, 0) is 60.9 Å². The van der Waals surface area contributed by atoms with Crippen molar-refractivity contribution in [3.63, 3.8) is 0 Å². The minimum atomic E-state index is -0.597. The normalized spacial score (nSPS) is 13.9. The number of nitrogens with zero attached hydrogens (tertiary/aromatic N) is 2. The first-order chi connectivity index (χ1) is 14.6. The van der Waals surface area contributed by atoms with Gasteiger partial charge in [0.25, 0.3) is 5.91 Å². The molecule has 31 heavy (non-hydrogen) atoms. The molecule has 1 fully saturated rings. The molecule has 3 amide bonds. The first kappa shape index (κ1) is 24.0. The summed E-state index contributed by atoms with van der Waals surface area (Å²) in [4.78, 5) is 29.6. The van der Waals surface area contributed by atoms with Crippen LogP contribution >= 0.6 is 12.4 Å². The number of nitrogens with one attached hydrogen (secondary N) is 3. The Labute approximate surface area is 186 Å². The summed E-state index contributed by atoms with van der Waals surface area (Å²) in [6.07, 6.45) is 6.05. The molecular formula is C21H26ClN5O4.